The highest BCUT2D eigenvalue weighted by molar-refractivity contribution is 6.34. The molecule has 0 fully saturated rings. The predicted molar refractivity (Wildman–Crippen MR) is 109 cm³/mol. The van der Waals surface area contributed by atoms with Crippen LogP contribution in [0.2, 0.25) is 0 Å². The topological polar surface area (TPSA) is 29.5 Å². The first-order chi connectivity index (χ1) is 11.9. The first kappa shape index (κ1) is 25.0. The maximum absolute atomic E-state index is 11.7. The molecular weight excluding hydrogens is 357 g/mol. The van der Waals surface area contributed by atoms with E-state index in [2.05, 4.69) is 6.92 Å². The lowest BCUT2D eigenvalue weighted by Crippen LogP contribution is -2.37. The summed E-state index contributed by atoms with van der Waals surface area (Å²) in [6.07, 6.45) is 17.4. The zero-order chi connectivity index (χ0) is 19.0. The summed E-state index contributed by atoms with van der Waals surface area (Å²) in [5.74, 6) is -0.161. The molecular formula is C20H39Cl2NO2. The maximum Gasteiger partial charge on any atom is 0.305 e. The van der Waals surface area contributed by atoms with Gasteiger partial charge in [-0.05, 0) is 43.8 Å². The minimum Gasteiger partial charge on any atom is -0.464 e. The van der Waals surface area contributed by atoms with Gasteiger partial charge >= 0.3 is 5.97 Å². The van der Waals surface area contributed by atoms with Crippen LogP contribution < -0.4 is 0 Å². The molecule has 0 amide bonds. The van der Waals surface area contributed by atoms with Crippen molar-refractivity contribution in [2.75, 3.05) is 6.61 Å². The minimum atomic E-state index is -0.561. The summed E-state index contributed by atoms with van der Waals surface area (Å²) in [6, 6.07) is 0. The van der Waals surface area contributed by atoms with E-state index in [0.29, 0.717) is 6.42 Å². The lowest BCUT2D eigenvalue weighted by molar-refractivity contribution is -0.146. The van der Waals surface area contributed by atoms with Gasteiger partial charge in [0.1, 0.15) is 6.61 Å². The zero-order valence-electron chi connectivity index (χ0n) is 16.6. The number of hydrogen-bond acceptors (Lipinski definition) is 3. The van der Waals surface area contributed by atoms with Crippen molar-refractivity contribution in [2.24, 2.45) is 0 Å². The van der Waals surface area contributed by atoms with Gasteiger partial charge < -0.3 is 4.74 Å². The molecule has 0 aliphatic heterocycles. The van der Waals surface area contributed by atoms with Crippen LogP contribution in [-0.2, 0) is 9.53 Å². The molecule has 0 heterocycles. The van der Waals surface area contributed by atoms with Crippen molar-refractivity contribution in [1.82, 2.24) is 3.94 Å². The largest absolute Gasteiger partial charge is 0.464 e. The molecule has 0 unspecified atom stereocenters. The first-order valence-electron chi connectivity index (χ1n) is 10.2. The van der Waals surface area contributed by atoms with E-state index in [4.69, 9.17) is 28.3 Å². The molecule has 0 N–H and O–H groups in total. The SMILES string of the molecule is CCCCCCCCCCCCCCCC(=O)OCC(C)(C)N(Cl)Cl. The molecule has 0 aromatic heterocycles. The van der Waals surface area contributed by atoms with Gasteiger partial charge in [-0.25, -0.2) is 0 Å². The Labute approximate surface area is 166 Å². The molecule has 5 heteroatoms. The summed E-state index contributed by atoms with van der Waals surface area (Å²) in [4.78, 5) is 11.7. The molecule has 0 atom stereocenters. The number of carbonyl (C=O) groups excluding carboxylic acids is 1. The van der Waals surface area contributed by atoms with Crippen molar-refractivity contribution in [3.8, 4) is 0 Å². The third kappa shape index (κ3) is 15.9. The molecule has 3 nitrogen and oxygen atoms in total. The third-order valence-electron chi connectivity index (χ3n) is 4.53. The van der Waals surface area contributed by atoms with E-state index in [1.54, 1.807) is 0 Å². The molecule has 0 radical (unpaired) electrons. The van der Waals surface area contributed by atoms with E-state index in [0.717, 1.165) is 16.8 Å². The van der Waals surface area contributed by atoms with Crippen molar-refractivity contribution < 1.29 is 9.53 Å². The Hall–Kier alpha value is 0.01000. The first-order valence-corrected chi connectivity index (χ1v) is 10.8. The molecule has 0 aliphatic rings. The number of unbranched alkanes of at least 4 members (excludes halogenated alkanes) is 12. The Kier molecular flexibility index (Phi) is 16.2. The van der Waals surface area contributed by atoms with E-state index in [1.807, 2.05) is 13.8 Å². The zero-order valence-corrected chi connectivity index (χ0v) is 18.1. The Morgan fingerprint density at radius 2 is 1.20 bits per heavy atom. The fraction of sp³-hybridized carbons (Fsp3) is 0.950. The third-order valence-corrected chi connectivity index (χ3v) is 5.44. The lowest BCUT2D eigenvalue weighted by atomic mass is 10.0. The lowest BCUT2D eigenvalue weighted by Gasteiger charge is -2.26. The Morgan fingerprint density at radius 3 is 1.60 bits per heavy atom. The van der Waals surface area contributed by atoms with Crippen LogP contribution in [0.1, 0.15) is 111 Å². The van der Waals surface area contributed by atoms with E-state index in [9.17, 15) is 4.79 Å². The Morgan fingerprint density at radius 1 is 0.800 bits per heavy atom. The van der Waals surface area contributed by atoms with Crippen molar-refractivity contribution in [1.29, 1.82) is 0 Å². The minimum absolute atomic E-state index is 0.161. The number of nitrogens with zero attached hydrogens (tertiary/aromatic N) is 1. The van der Waals surface area contributed by atoms with Gasteiger partial charge in [0.15, 0.2) is 0 Å². The van der Waals surface area contributed by atoms with Gasteiger partial charge in [-0.3, -0.25) is 4.79 Å². The highest BCUT2D eigenvalue weighted by Gasteiger charge is 2.26. The molecule has 25 heavy (non-hydrogen) atoms. The van der Waals surface area contributed by atoms with Gasteiger partial charge in [-0.15, -0.1) is 3.94 Å². The number of esters is 1. The monoisotopic (exact) mass is 395 g/mol. The molecule has 0 saturated heterocycles. The maximum atomic E-state index is 11.7. The standard InChI is InChI=1S/C20H39Cl2NO2/c1-4-5-6-7-8-9-10-11-12-13-14-15-16-17-19(24)25-18-20(2,3)23(21)22/h4-18H2,1-3H3. The van der Waals surface area contributed by atoms with Crippen LogP contribution in [0.15, 0.2) is 0 Å². The number of hydrogen-bond donors (Lipinski definition) is 0. The van der Waals surface area contributed by atoms with Gasteiger partial charge in [0.25, 0.3) is 0 Å². The highest BCUT2D eigenvalue weighted by Crippen LogP contribution is 2.20. The predicted octanol–water partition coefficient (Wildman–Crippen LogP) is 7.40. The van der Waals surface area contributed by atoms with Crippen molar-refractivity contribution in [2.45, 2.75) is 116 Å². The molecule has 0 aromatic carbocycles. The van der Waals surface area contributed by atoms with Crippen LogP contribution in [0.3, 0.4) is 0 Å². The molecule has 0 aliphatic carbocycles. The van der Waals surface area contributed by atoms with Crippen LogP contribution in [0.5, 0.6) is 0 Å². The van der Waals surface area contributed by atoms with Crippen LogP contribution in [-0.4, -0.2) is 22.1 Å². The highest BCUT2D eigenvalue weighted by atomic mass is 35.5. The average Bonchev–Trinajstić information content (AvgIpc) is 2.57. The number of rotatable bonds is 17. The van der Waals surface area contributed by atoms with Crippen LogP contribution in [0.25, 0.3) is 0 Å². The second kappa shape index (κ2) is 16.2. The summed E-state index contributed by atoms with van der Waals surface area (Å²) in [5, 5.41) is 0. The van der Waals surface area contributed by atoms with Crippen LogP contribution in [0.4, 0.5) is 0 Å². The number of carbonyl (C=O) groups is 1. The fourth-order valence-corrected chi connectivity index (χ4v) is 2.76. The fourth-order valence-electron chi connectivity index (χ4n) is 2.67. The Bertz CT molecular complexity index is 323. The molecule has 0 spiro atoms. The molecule has 0 aromatic rings. The molecule has 0 saturated carbocycles. The summed E-state index contributed by atoms with van der Waals surface area (Å²) < 4.78 is 6.26. The van der Waals surface area contributed by atoms with E-state index < -0.39 is 5.54 Å². The van der Waals surface area contributed by atoms with E-state index >= 15 is 0 Å². The van der Waals surface area contributed by atoms with Crippen molar-refractivity contribution >= 4 is 29.5 Å². The normalized spacial score (nSPS) is 11.9. The van der Waals surface area contributed by atoms with E-state index in [1.165, 1.54) is 70.6 Å². The quantitative estimate of drug-likeness (QED) is 0.146. The summed E-state index contributed by atoms with van der Waals surface area (Å²) in [6.45, 7) is 6.12. The molecule has 150 valence electrons. The molecule has 0 rings (SSSR count). The van der Waals surface area contributed by atoms with Crippen molar-refractivity contribution in [3.63, 3.8) is 0 Å². The molecule has 0 bridgehead atoms. The second-order valence-electron chi connectivity index (χ2n) is 7.70. The van der Waals surface area contributed by atoms with Gasteiger partial charge in [-0.1, -0.05) is 84.0 Å². The summed E-state index contributed by atoms with van der Waals surface area (Å²) in [7, 11) is 0. The van der Waals surface area contributed by atoms with Gasteiger partial charge in [-0.2, -0.15) is 0 Å². The van der Waals surface area contributed by atoms with Gasteiger partial charge in [0.05, 0.1) is 5.54 Å². The summed E-state index contributed by atoms with van der Waals surface area (Å²) >= 11 is 11.4. The van der Waals surface area contributed by atoms with Crippen molar-refractivity contribution in [3.05, 3.63) is 0 Å². The number of ether oxygens (including phenoxy) is 1. The van der Waals surface area contributed by atoms with Gasteiger partial charge in [0.2, 0.25) is 0 Å². The van der Waals surface area contributed by atoms with Crippen LogP contribution >= 0.6 is 23.6 Å². The summed E-state index contributed by atoms with van der Waals surface area (Å²) in [5.41, 5.74) is -0.561. The van der Waals surface area contributed by atoms with E-state index in [-0.39, 0.29) is 12.6 Å². The Balaban J connectivity index is 3.31. The number of halogens is 2. The van der Waals surface area contributed by atoms with Gasteiger partial charge in [0, 0.05) is 6.42 Å². The van der Waals surface area contributed by atoms with Crippen LogP contribution in [0, 0.1) is 0 Å². The smallest absolute Gasteiger partial charge is 0.305 e. The average molecular weight is 396 g/mol. The second-order valence-corrected chi connectivity index (χ2v) is 8.55.